The zero-order chi connectivity index (χ0) is 29.4. The molecule has 2 aromatic carbocycles. The van der Waals surface area contributed by atoms with Crippen molar-refractivity contribution in [3.05, 3.63) is 101 Å². The summed E-state index contributed by atoms with van der Waals surface area (Å²) in [6, 6.07) is 10.4. The average molecular weight is 583 g/mol. The van der Waals surface area contributed by atoms with Gasteiger partial charge in [-0.15, -0.1) is 0 Å². The van der Waals surface area contributed by atoms with Gasteiger partial charge in [0.05, 0.1) is 17.6 Å². The van der Waals surface area contributed by atoms with Gasteiger partial charge in [-0.2, -0.15) is 21.6 Å². The largest absolute Gasteiger partial charge is 0.522 e. The molecule has 17 heteroatoms. The highest BCUT2D eigenvalue weighted by Gasteiger charge is 2.44. The molecule has 0 aliphatic rings. The molecule has 0 aliphatic heterocycles. The fraction of sp³-hybridized carbons (Fsp3) is 0.222. The molecule has 0 spiro atoms. The number of hydrogen-bond acceptors (Lipinski definition) is 6. The standard InChI is InChI=1S/C8H5BrN2O2.C8H6N2O2.CH5B.CHF3O3S/c1-10-5-6-2-3-7(11(12)13)4-8(6)9;1-9-6-7-2-4-8(5-3-7)10(11)12;1-2;2-1(3,4)8(5,6)7/h2-4H,5H2;2-5H,6H2;2H2,1H3;(H,5,6,7)/i;;2D2;. The summed E-state index contributed by atoms with van der Waals surface area (Å²) < 4.78 is 70.7. The van der Waals surface area contributed by atoms with E-state index in [-0.39, 0.29) is 24.5 Å². The number of rotatable bonds is 4. The maximum atomic E-state index is 10.7. The minimum absolute atomic E-state index is 0.0283. The lowest BCUT2D eigenvalue weighted by Gasteiger charge is -1.97. The predicted octanol–water partition coefficient (Wildman–Crippen LogP) is 4.85. The van der Waals surface area contributed by atoms with Gasteiger partial charge in [0, 0.05) is 39.9 Å². The molecule has 2 rings (SSSR count). The summed E-state index contributed by atoms with van der Waals surface area (Å²) in [5.41, 5.74) is -3.88. The van der Waals surface area contributed by atoms with E-state index >= 15 is 0 Å². The maximum absolute atomic E-state index is 10.7. The van der Waals surface area contributed by atoms with Crippen molar-refractivity contribution in [1.82, 2.24) is 0 Å². The van der Waals surface area contributed by atoms with Crippen LogP contribution in [0.2, 0.25) is 6.82 Å². The number of halogens is 4. The molecule has 0 heterocycles. The van der Waals surface area contributed by atoms with Gasteiger partial charge in [-0.25, -0.2) is 13.1 Å². The Hall–Kier alpha value is -3.54. The van der Waals surface area contributed by atoms with Crippen molar-refractivity contribution in [2.45, 2.75) is 25.4 Å². The van der Waals surface area contributed by atoms with Crippen LogP contribution in [0.3, 0.4) is 0 Å². The van der Waals surface area contributed by atoms with Gasteiger partial charge in [-0.05, 0) is 36.8 Å². The molecule has 0 radical (unpaired) electrons. The topological polar surface area (TPSA) is 149 Å². The first-order chi connectivity index (χ1) is 16.9. The lowest BCUT2D eigenvalue weighted by atomic mass is 10.2. The summed E-state index contributed by atoms with van der Waals surface area (Å²) in [5.74, 6) is 0. The van der Waals surface area contributed by atoms with E-state index in [0.717, 1.165) is 11.1 Å². The Balaban J connectivity index is 0. The van der Waals surface area contributed by atoms with Crippen LogP contribution in [0.5, 0.6) is 0 Å². The first-order valence-electron chi connectivity index (χ1n) is 9.73. The molecule has 0 amide bonds. The van der Waals surface area contributed by atoms with Crippen LogP contribution in [0.15, 0.2) is 46.9 Å². The number of benzene rings is 2. The number of alkyl halides is 3. The minimum Gasteiger partial charge on any atom is -0.312 e. The molecule has 0 atom stereocenters. The van der Waals surface area contributed by atoms with E-state index in [9.17, 15) is 33.4 Å². The van der Waals surface area contributed by atoms with E-state index in [4.69, 9.17) is 28.8 Å². The van der Waals surface area contributed by atoms with Gasteiger partial charge in [0.25, 0.3) is 11.4 Å². The van der Waals surface area contributed by atoms with E-state index in [2.05, 4.69) is 25.6 Å². The second-order valence-corrected chi connectivity index (χ2v) is 7.78. The Morgan fingerprint density at radius 3 is 1.77 bits per heavy atom. The van der Waals surface area contributed by atoms with Crippen molar-refractivity contribution >= 4 is 45.2 Å². The van der Waals surface area contributed by atoms with Gasteiger partial charge in [0.15, 0.2) is 0 Å². The molecule has 188 valence electrons. The molecular formula is C18H17BBrF3N4O7S. The van der Waals surface area contributed by atoms with Crippen LogP contribution >= 0.6 is 15.9 Å². The van der Waals surface area contributed by atoms with Crippen LogP contribution < -0.4 is 0 Å². The zero-order valence-electron chi connectivity index (χ0n) is 19.6. The number of non-ortho nitro benzene ring substituents is 2. The van der Waals surface area contributed by atoms with Crippen LogP contribution in [0.4, 0.5) is 24.5 Å². The van der Waals surface area contributed by atoms with Crippen molar-refractivity contribution in [1.29, 1.82) is 2.67 Å². The molecular weight excluding hydrogens is 564 g/mol. The van der Waals surface area contributed by atoms with E-state index in [0.29, 0.717) is 4.47 Å². The predicted molar refractivity (Wildman–Crippen MR) is 127 cm³/mol. The molecule has 11 nitrogen and oxygen atoms in total. The van der Waals surface area contributed by atoms with Gasteiger partial charge in [-0.3, -0.25) is 24.8 Å². The molecule has 0 unspecified atom stereocenters. The lowest BCUT2D eigenvalue weighted by molar-refractivity contribution is -0.385. The number of nitro groups is 2. The molecule has 35 heavy (non-hydrogen) atoms. The summed E-state index contributed by atoms with van der Waals surface area (Å²) in [6.07, 6.45) is 0. The molecule has 0 fully saturated rings. The smallest absolute Gasteiger partial charge is 0.312 e. The number of hydrogen-bond donors (Lipinski definition) is 1. The summed E-state index contributed by atoms with van der Waals surface area (Å²) in [4.78, 5) is 26.0. The monoisotopic (exact) mass is 582 g/mol. The Morgan fingerprint density at radius 1 is 1.06 bits per heavy atom. The highest BCUT2D eigenvalue weighted by atomic mass is 79.9. The summed E-state index contributed by atoms with van der Waals surface area (Å²) in [6.45, 7) is 15.2. The van der Waals surface area contributed by atoms with Gasteiger partial charge >= 0.3 is 15.6 Å². The van der Waals surface area contributed by atoms with Gasteiger partial charge in [-0.1, -0.05) is 6.82 Å². The van der Waals surface area contributed by atoms with Crippen molar-refractivity contribution in [2.75, 3.05) is 0 Å². The second-order valence-electron chi connectivity index (χ2n) is 5.51. The lowest BCUT2D eigenvalue weighted by Crippen LogP contribution is -2.21. The molecule has 0 saturated carbocycles. The maximum Gasteiger partial charge on any atom is 0.522 e. The van der Waals surface area contributed by atoms with Crippen LogP contribution in [0.25, 0.3) is 9.69 Å². The van der Waals surface area contributed by atoms with Crippen LogP contribution in [-0.4, -0.2) is 38.8 Å². The first-order valence-corrected chi connectivity index (χ1v) is 10.8. The highest BCUT2D eigenvalue weighted by Crippen LogP contribution is 2.23. The van der Waals surface area contributed by atoms with E-state index in [1.165, 1.54) is 31.1 Å². The van der Waals surface area contributed by atoms with E-state index in [1.54, 1.807) is 18.2 Å². The number of nitro benzene ring substituents is 2. The summed E-state index contributed by atoms with van der Waals surface area (Å²) in [7, 11) is -6.51. The highest BCUT2D eigenvalue weighted by molar-refractivity contribution is 9.10. The van der Waals surface area contributed by atoms with E-state index < -0.39 is 33.2 Å². The van der Waals surface area contributed by atoms with Crippen molar-refractivity contribution in [3.8, 4) is 0 Å². The molecule has 1 N–H and O–H groups in total. The van der Waals surface area contributed by atoms with Crippen LogP contribution in [0.1, 0.15) is 11.1 Å². The normalized spacial score (nSPS) is 10.5. The third-order valence-corrected chi connectivity index (χ3v) is 4.52. The van der Waals surface area contributed by atoms with Crippen LogP contribution in [0, 0.1) is 33.4 Å². The van der Waals surface area contributed by atoms with Gasteiger partial charge in [0.1, 0.15) is 0 Å². The van der Waals surface area contributed by atoms with Gasteiger partial charge < -0.3 is 9.69 Å². The van der Waals surface area contributed by atoms with Crippen molar-refractivity contribution in [2.24, 2.45) is 0 Å². The van der Waals surface area contributed by atoms with Crippen molar-refractivity contribution < 1.29 is 36.0 Å². The Bertz CT molecular complexity index is 1240. The average Bonchev–Trinajstić information content (AvgIpc) is 2.75. The molecule has 0 aliphatic carbocycles. The summed E-state index contributed by atoms with van der Waals surface area (Å²) in [5, 5.41) is 20.6. The Morgan fingerprint density at radius 2 is 1.46 bits per heavy atom. The molecule has 0 bridgehead atoms. The minimum atomic E-state index is -5.84. The molecule has 0 saturated heterocycles. The summed E-state index contributed by atoms with van der Waals surface area (Å²) >= 11 is 3.17. The fourth-order valence-corrected chi connectivity index (χ4v) is 2.17. The fourth-order valence-electron chi connectivity index (χ4n) is 1.68. The Labute approximate surface area is 210 Å². The quantitative estimate of drug-likeness (QED) is 0.135. The zero-order valence-corrected chi connectivity index (χ0v) is 20.0. The molecule has 0 aromatic heterocycles. The first kappa shape index (κ1) is 29.5. The third-order valence-electron chi connectivity index (χ3n) is 3.20. The third kappa shape index (κ3) is 13.7. The number of nitrogens with zero attached hydrogens (tertiary/aromatic N) is 4. The Kier molecular flexibility index (Phi) is 13.6. The molecule has 2 aromatic rings. The van der Waals surface area contributed by atoms with Gasteiger partial charge in [0.2, 0.25) is 13.1 Å². The van der Waals surface area contributed by atoms with Crippen LogP contribution in [-0.2, 0) is 23.2 Å². The van der Waals surface area contributed by atoms with E-state index in [1.807, 2.05) is 0 Å². The van der Waals surface area contributed by atoms with Crippen molar-refractivity contribution in [3.63, 3.8) is 0 Å². The SMILES string of the molecule is O=S(=O)(O)C(F)(F)F.[2H]B([2H])C.[C-]#[N+]Cc1ccc([N+](=O)[O-])cc1.[C-]#[N+]Cc1ccc([N+](=O)[O-])cc1Br. The second kappa shape index (κ2) is 16.2.